The number of ether oxygens (including phenoxy) is 1. The number of anilines is 1. The van der Waals surface area contributed by atoms with Gasteiger partial charge in [-0.1, -0.05) is 0 Å². The maximum Gasteiger partial charge on any atom is 0.323 e. The summed E-state index contributed by atoms with van der Waals surface area (Å²) < 4.78 is 5.70. The number of carbonyl (C=O) groups excluding carboxylic acids is 1. The number of carbonyl (C=O) groups is 1. The quantitative estimate of drug-likeness (QED) is 0.892. The molecule has 2 fully saturated rings. The van der Waals surface area contributed by atoms with E-state index in [1.54, 1.807) is 12.4 Å². The standard InChI is InChI=1S/C18H23N5O2S/c24-18(21-17-20-16(13-26-17)14-3-5-19-6-4-14)23-9-7-22(8-10-23)12-15-2-1-11-25-15/h3-6,13,15H,1-2,7-12H2,(H,20,21,24). The molecule has 1 atom stereocenters. The SMILES string of the molecule is O=C(Nc1nc(-c2ccncc2)cs1)N1CCN(CC2CCCO2)CC1. The smallest absolute Gasteiger partial charge is 0.323 e. The highest BCUT2D eigenvalue weighted by Crippen LogP contribution is 2.24. The van der Waals surface area contributed by atoms with Crippen molar-refractivity contribution in [1.82, 2.24) is 19.8 Å². The molecule has 8 heteroatoms. The second-order valence-corrected chi connectivity index (χ2v) is 7.48. The van der Waals surface area contributed by atoms with Gasteiger partial charge in [0.1, 0.15) is 0 Å². The van der Waals surface area contributed by atoms with Crippen LogP contribution < -0.4 is 5.32 Å². The highest BCUT2D eigenvalue weighted by Gasteiger charge is 2.25. The Morgan fingerprint density at radius 1 is 1.27 bits per heavy atom. The Labute approximate surface area is 157 Å². The summed E-state index contributed by atoms with van der Waals surface area (Å²) in [5.74, 6) is 0. The second-order valence-electron chi connectivity index (χ2n) is 6.63. The van der Waals surface area contributed by atoms with Crippen molar-refractivity contribution in [3.05, 3.63) is 29.9 Å². The molecule has 7 nitrogen and oxygen atoms in total. The average molecular weight is 373 g/mol. The van der Waals surface area contributed by atoms with Crippen LogP contribution in [0.3, 0.4) is 0 Å². The zero-order valence-corrected chi connectivity index (χ0v) is 15.5. The number of amides is 2. The van der Waals surface area contributed by atoms with Gasteiger partial charge in [-0.25, -0.2) is 9.78 Å². The molecule has 2 aromatic heterocycles. The fourth-order valence-corrected chi connectivity index (χ4v) is 4.08. The Bertz CT molecular complexity index is 724. The van der Waals surface area contributed by atoms with E-state index in [0.717, 1.165) is 57.0 Å². The molecule has 138 valence electrons. The van der Waals surface area contributed by atoms with Gasteiger partial charge in [-0.15, -0.1) is 11.3 Å². The van der Waals surface area contributed by atoms with Gasteiger partial charge in [0, 0.05) is 62.7 Å². The lowest BCUT2D eigenvalue weighted by molar-refractivity contribution is 0.0572. The van der Waals surface area contributed by atoms with Crippen molar-refractivity contribution >= 4 is 22.5 Å². The topological polar surface area (TPSA) is 70.6 Å². The molecule has 26 heavy (non-hydrogen) atoms. The van der Waals surface area contributed by atoms with Gasteiger partial charge in [-0.05, 0) is 25.0 Å². The van der Waals surface area contributed by atoms with E-state index in [1.807, 2.05) is 22.4 Å². The normalized spacial score (nSPS) is 21.1. The summed E-state index contributed by atoms with van der Waals surface area (Å²) in [6.45, 7) is 5.14. The van der Waals surface area contributed by atoms with E-state index in [-0.39, 0.29) is 6.03 Å². The van der Waals surface area contributed by atoms with Crippen LogP contribution in [0.15, 0.2) is 29.9 Å². The summed E-state index contributed by atoms with van der Waals surface area (Å²) >= 11 is 1.44. The maximum absolute atomic E-state index is 12.5. The first-order chi connectivity index (χ1) is 12.8. The van der Waals surface area contributed by atoms with Crippen LogP contribution in [0.2, 0.25) is 0 Å². The molecule has 0 saturated carbocycles. The van der Waals surface area contributed by atoms with Crippen molar-refractivity contribution in [3.8, 4) is 11.3 Å². The molecule has 2 aromatic rings. The Balaban J connectivity index is 1.27. The third-order valence-corrected chi connectivity index (χ3v) is 5.60. The minimum absolute atomic E-state index is 0.0719. The first-order valence-electron chi connectivity index (χ1n) is 9.04. The molecule has 4 rings (SSSR count). The molecular weight excluding hydrogens is 350 g/mol. The molecule has 4 heterocycles. The third-order valence-electron chi connectivity index (χ3n) is 4.84. The van der Waals surface area contributed by atoms with E-state index in [2.05, 4.69) is 20.2 Å². The number of nitrogens with one attached hydrogen (secondary N) is 1. The van der Waals surface area contributed by atoms with Crippen molar-refractivity contribution in [2.45, 2.75) is 18.9 Å². The Morgan fingerprint density at radius 2 is 2.08 bits per heavy atom. The van der Waals surface area contributed by atoms with E-state index in [1.165, 1.54) is 17.8 Å². The highest BCUT2D eigenvalue weighted by molar-refractivity contribution is 7.14. The number of rotatable bonds is 4. The molecule has 2 saturated heterocycles. The molecule has 0 aliphatic carbocycles. The zero-order chi connectivity index (χ0) is 17.8. The molecule has 2 amide bonds. The van der Waals surface area contributed by atoms with E-state index < -0.39 is 0 Å². The van der Waals surface area contributed by atoms with Gasteiger partial charge in [0.25, 0.3) is 0 Å². The molecule has 0 aromatic carbocycles. The van der Waals surface area contributed by atoms with Gasteiger partial charge in [-0.2, -0.15) is 0 Å². The minimum atomic E-state index is -0.0719. The number of piperazine rings is 1. The predicted octanol–water partition coefficient (Wildman–Crippen LogP) is 2.53. The summed E-state index contributed by atoms with van der Waals surface area (Å²) in [5.41, 5.74) is 1.86. The first-order valence-corrected chi connectivity index (χ1v) is 9.92. The molecule has 0 spiro atoms. The fraction of sp³-hybridized carbons (Fsp3) is 0.500. The lowest BCUT2D eigenvalue weighted by Gasteiger charge is -2.35. The van der Waals surface area contributed by atoms with Crippen LogP contribution in [0, 0.1) is 0 Å². The van der Waals surface area contributed by atoms with E-state index in [0.29, 0.717) is 11.2 Å². The number of thiazole rings is 1. The van der Waals surface area contributed by atoms with Gasteiger partial charge >= 0.3 is 6.03 Å². The van der Waals surface area contributed by atoms with E-state index >= 15 is 0 Å². The molecule has 0 bridgehead atoms. The number of urea groups is 1. The lowest BCUT2D eigenvalue weighted by atomic mass is 10.2. The zero-order valence-electron chi connectivity index (χ0n) is 14.6. The van der Waals surface area contributed by atoms with Crippen LogP contribution in [0.1, 0.15) is 12.8 Å². The van der Waals surface area contributed by atoms with Crippen LogP contribution in [-0.4, -0.2) is 71.2 Å². The van der Waals surface area contributed by atoms with Crippen molar-refractivity contribution in [1.29, 1.82) is 0 Å². The van der Waals surface area contributed by atoms with E-state index in [9.17, 15) is 4.79 Å². The van der Waals surface area contributed by atoms with Gasteiger partial charge in [0.2, 0.25) is 0 Å². The second kappa shape index (κ2) is 8.11. The summed E-state index contributed by atoms with van der Waals surface area (Å²) in [4.78, 5) is 25.3. The van der Waals surface area contributed by atoms with Crippen molar-refractivity contribution in [3.63, 3.8) is 0 Å². The minimum Gasteiger partial charge on any atom is -0.377 e. The monoisotopic (exact) mass is 373 g/mol. The molecule has 0 radical (unpaired) electrons. The molecular formula is C18H23N5O2S. The number of hydrogen-bond acceptors (Lipinski definition) is 6. The number of pyridine rings is 1. The Morgan fingerprint density at radius 3 is 2.81 bits per heavy atom. The van der Waals surface area contributed by atoms with Gasteiger partial charge < -0.3 is 9.64 Å². The van der Waals surface area contributed by atoms with Crippen LogP contribution in [0.25, 0.3) is 11.3 Å². The summed E-state index contributed by atoms with van der Waals surface area (Å²) in [5, 5.41) is 5.50. The number of nitrogens with zero attached hydrogens (tertiary/aromatic N) is 4. The summed E-state index contributed by atoms with van der Waals surface area (Å²) in [6.07, 6.45) is 6.18. The Hall–Kier alpha value is -2.03. The van der Waals surface area contributed by atoms with Crippen molar-refractivity contribution in [2.24, 2.45) is 0 Å². The van der Waals surface area contributed by atoms with E-state index in [4.69, 9.17) is 4.74 Å². The third kappa shape index (κ3) is 4.20. The number of hydrogen-bond donors (Lipinski definition) is 1. The number of aromatic nitrogens is 2. The summed E-state index contributed by atoms with van der Waals surface area (Å²) in [6, 6.07) is 3.75. The first kappa shape index (κ1) is 17.4. The average Bonchev–Trinajstić information content (AvgIpc) is 3.35. The van der Waals surface area contributed by atoms with Crippen LogP contribution in [0.5, 0.6) is 0 Å². The van der Waals surface area contributed by atoms with Crippen molar-refractivity contribution < 1.29 is 9.53 Å². The van der Waals surface area contributed by atoms with Gasteiger partial charge in [-0.3, -0.25) is 15.2 Å². The van der Waals surface area contributed by atoms with Gasteiger partial charge in [0.15, 0.2) is 5.13 Å². The van der Waals surface area contributed by atoms with Crippen LogP contribution in [-0.2, 0) is 4.74 Å². The Kier molecular flexibility index (Phi) is 5.42. The highest BCUT2D eigenvalue weighted by atomic mass is 32.1. The molecule has 2 aliphatic heterocycles. The van der Waals surface area contributed by atoms with Crippen LogP contribution in [0.4, 0.5) is 9.93 Å². The maximum atomic E-state index is 12.5. The fourth-order valence-electron chi connectivity index (χ4n) is 3.37. The predicted molar refractivity (Wildman–Crippen MR) is 101 cm³/mol. The summed E-state index contributed by atoms with van der Waals surface area (Å²) in [7, 11) is 0. The largest absolute Gasteiger partial charge is 0.377 e. The van der Waals surface area contributed by atoms with Gasteiger partial charge in [0.05, 0.1) is 11.8 Å². The van der Waals surface area contributed by atoms with Crippen LogP contribution >= 0.6 is 11.3 Å². The molecule has 2 aliphatic rings. The molecule has 1 unspecified atom stereocenters. The van der Waals surface area contributed by atoms with Crippen molar-refractivity contribution in [2.75, 3.05) is 44.6 Å². The molecule has 1 N–H and O–H groups in total. The lowest BCUT2D eigenvalue weighted by Crippen LogP contribution is -2.51.